The van der Waals surface area contributed by atoms with Crippen LogP contribution in [0, 0.1) is 18.2 Å². The minimum Gasteiger partial charge on any atom is -0.508 e. The Bertz CT molecular complexity index is 2370. The fourth-order valence-electron chi connectivity index (χ4n) is 9.26. The van der Waals surface area contributed by atoms with Crippen LogP contribution in [-0.2, 0) is 4.79 Å². The third kappa shape index (κ3) is 6.99. The number of halogens is 2. The number of terminal acetylenes is 1. The average Bonchev–Trinajstić information content (AvgIpc) is 3.87. The number of carbonyl (C=O) groups excluding carboxylic acids is 2. The van der Waals surface area contributed by atoms with Gasteiger partial charge in [0.2, 0.25) is 5.91 Å². The molecule has 57 heavy (non-hydrogen) atoms. The van der Waals surface area contributed by atoms with Crippen LogP contribution < -0.4 is 15.0 Å². The van der Waals surface area contributed by atoms with Gasteiger partial charge in [-0.15, -0.1) is 6.42 Å². The van der Waals surface area contributed by atoms with Gasteiger partial charge < -0.3 is 25.0 Å². The molecule has 4 aliphatic heterocycles. The molecule has 4 aliphatic rings. The second kappa shape index (κ2) is 15.4. The van der Waals surface area contributed by atoms with Gasteiger partial charge in [0.05, 0.1) is 40.0 Å². The summed E-state index contributed by atoms with van der Waals surface area (Å²) >= 11 is 0. The summed E-state index contributed by atoms with van der Waals surface area (Å²) < 4.78 is 38.4. The van der Waals surface area contributed by atoms with E-state index in [1.165, 1.54) is 36.6 Å². The van der Waals surface area contributed by atoms with E-state index in [-0.39, 0.29) is 57.5 Å². The first-order valence-electron chi connectivity index (χ1n) is 19.2. The summed E-state index contributed by atoms with van der Waals surface area (Å²) in [5.41, 5.74) is 0.955. The van der Waals surface area contributed by atoms with E-state index in [4.69, 9.17) is 16.1 Å². The Labute approximate surface area is 329 Å². The lowest BCUT2D eigenvalue weighted by molar-refractivity contribution is -0.111. The number of phenolic OH excluding ortho intramolecular Hbond substituents is 1. The number of aromatic hydroxyl groups is 1. The molecule has 8 rings (SSSR count). The van der Waals surface area contributed by atoms with Crippen molar-refractivity contribution in [2.24, 2.45) is 4.99 Å². The molecule has 292 valence electrons. The lowest BCUT2D eigenvalue weighted by Gasteiger charge is -2.42. The number of benzene rings is 3. The van der Waals surface area contributed by atoms with Crippen LogP contribution in [0.2, 0.25) is 0 Å². The Morgan fingerprint density at radius 2 is 1.86 bits per heavy atom. The number of fused-ring (bicyclic) bond motifs is 4. The number of carbonyl (C=O) groups is 2. The van der Waals surface area contributed by atoms with Crippen molar-refractivity contribution in [3.63, 3.8) is 0 Å². The van der Waals surface area contributed by atoms with Crippen molar-refractivity contribution in [2.45, 2.75) is 56.1 Å². The first-order valence-corrected chi connectivity index (χ1v) is 19.2. The number of aromatic nitrogens is 2. The van der Waals surface area contributed by atoms with Gasteiger partial charge in [-0.2, -0.15) is 9.97 Å². The average molecular weight is 772 g/mol. The second-order valence-electron chi connectivity index (χ2n) is 15.1. The molecule has 2 amide bonds. The highest BCUT2D eigenvalue weighted by atomic mass is 19.1. The third-order valence-corrected chi connectivity index (χ3v) is 11.8. The summed E-state index contributed by atoms with van der Waals surface area (Å²) in [4.78, 5) is 46.6. The standard InChI is InChI=1S/C44H43F2N7O4/c1-4-32-35(45)15-12-27-20-31(54)21-28(39(27)32)22-36(46)40-34(23-47-3)41(50-43(49-40)57-26-44-16-8-18-52(44)19-9-17-44)51-24-29-13-14-30(25-51)53(29)42(56)33-10-6-7-11-37(33)48-38(55)5-2/h1,5-7,10-12,15,20-23,29-30,54H,2,8-9,13-14,16-19,24-26H2,3H3,(H,48,55)/b36-22-,47-23?. The number of hydrogen-bond acceptors (Lipinski definition) is 9. The van der Waals surface area contributed by atoms with E-state index in [0.717, 1.165) is 57.7 Å². The molecule has 11 nitrogen and oxygen atoms in total. The predicted octanol–water partition coefficient (Wildman–Crippen LogP) is 6.60. The minimum atomic E-state index is -0.797. The maximum absolute atomic E-state index is 17.1. The van der Waals surface area contributed by atoms with Gasteiger partial charge in [-0.3, -0.25) is 19.5 Å². The van der Waals surface area contributed by atoms with Crippen molar-refractivity contribution < 1.29 is 28.2 Å². The van der Waals surface area contributed by atoms with Gasteiger partial charge in [0, 0.05) is 31.7 Å². The summed E-state index contributed by atoms with van der Waals surface area (Å²) in [6.45, 7) is 6.63. The smallest absolute Gasteiger partial charge is 0.319 e. The van der Waals surface area contributed by atoms with E-state index >= 15 is 4.39 Å². The number of hydrogen-bond donors (Lipinski definition) is 2. The van der Waals surface area contributed by atoms with Crippen LogP contribution in [-0.4, -0.2) is 100 Å². The molecule has 0 spiro atoms. The van der Waals surface area contributed by atoms with Gasteiger partial charge >= 0.3 is 6.01 Å². The van der Waals surface area contributed by atoms with Crippen LogP contribution in [0.1, 0.15) is 71.3 Å². The molecular weight excluding hydrogens is 729 g/mol. The Hall–Kier alpha value is -6.13. The molecule has 2 bridgehead atoms. The quantitative estimate of drug-likeness (QED) is 0.105. The first-order chi connectivity index (χ1) is 27.6. The van der Waals surface area contributed by atoms with E-state index < -0.39 is 17.6 Å². The summed E-state index contributed by atoms with van der Waals surface area (Å²) in [6, 6.07) is 11.9. The van der Waals surface area contributed by atoms with Crippen molar-refractivity contribution in [3.8, 4) is 24.1 Å². The molecule has 2 N–H and O–H groups in total. The molecule has 1 aromatic heterocycles. The molecule has 0 radical (unpaired) electrons. The SMILES string of the molecule is C#Cc1c(F)ccc2cc(O)cc(/C=C(\F)c3nc(OCC45CCCN4CCC5)nc(N4CC5CCC(C4)N5C(=O)c4ccccc4NC(=O)C=C)c3C=NC)c12. The zero-order valence-corrected chi connectivity index (χ0v) is 31.7. The molecule has 2 unspecified atom stereocenters. The van der Waals surface area contributed by atoms with Gasteiger partial charge in [0.25, 0.3) is 5.91 Å². The zero-order valence-electron chi connectivity index (χ0n) is 31.7. The number of anilines is 2. The summed E-state index contributed by atoms with van der Waals surface area (Å²) in [5.74, 6) is 0.574. The van der Waals surface area contributed by atoms with Gasteiger partial charge in [0.1, 0.15) is 35.5 Å². The normalized spacial score (nSPS) is 20.2. The fraction of sp³-hybridized carbons (Fsp3) is 0.341. The highest BCUT2D eigenvalue weighted by molar-refractivity contribution is 6.07. The molecule has 3 aromatic carbocycles. The van der Waals surface area contributed by atoms with E-state index in [2.05, 4.69) is 32.7 Å². The van der Waals surface area contributed by atoms with E-state index in [0.29, 0.717) is 47.7 Å². The molecule has 4 fully saturated rings. The summed E-state index contributed by atoms with van der Waals surface area (Å²) in [7, 11) is 1.57. The van der Waals surface area contributed by atoms with Gasteiger partial charge in [0.15, 0.2) is 0 Å². The van der Waals surface area contributed by atoms with Crippen LogP contribution in [0.5, 0.6) is 11.8 Å². The molecule has 13 heteroatoms. The molecule has 2 atom stereocenters. The van der Waals surface area contributed by atoms with Crippen LogP contribution >= 0.6 is 0 Å². The van der Waals surface area contributed by atoms with Crippen molar-refractivity contribution in [3.05, 3.63) is 95.0 Å². The minimum absolute atomic E-state index is 0.00112. The summed E-state index contributed by atoms with van der Waals surface area (Å²) in [6.07, 6.45) is 15.1. The Kier molecular flexibility index (Phi) is 10.2. The van der Waals surface area contributed by atoms with Crippen LogP contribution in [0.15, 0.2) is 66.2 Å². The number of nitrogens with zero attached hydrogens (tertiary/aromatic N) is 6. The zero-order chi connectivity index (χ0) is 39.8. The molecular formula is C44H43F2N7O4. The van der Waals surface area contributed by atoms with Crippen molar-refractivity contribution in [2.75, 3.05) is 50.1 Å². The Balaban J connectivity index is 1.19. The Morgan fingerprint density at radius 3 is 2.56 bits per heavy atom. The largest absolute Gasteiger partial charge is 0.508 e. The fourth-order valence-corrected chi connectivity index (χ4v) is 9.26. The number of nitrogens with one attached hydrogen (secondary N) is 1. The van der Waals surface area contributed by atoms with Crippen LogP contribution in [0.25, 0.3) is 22.7 Å². The van der Waals surface area contributed by atoms with Crippen molar-refractivity contribution >= 4 is 52.2 Å². The molecule has 5 heterocycles. The van der Waals surface area contributed by atoms with Gasteiger partial charge in [-0.05, 0) is 105 Å². The van der Waals surface area contributed by atoms with E-state index in [1.807, 2.05) is 9.80 Å². The Morgan fingerprint density at radius 1 is 1.12 bits per heavy atom. The van der Waals surface area contributed by atoms with Crippen LogP contribution in [0.4, 0.5) is 20.3 Å². The number of phenols is 1. The van der Waals surface area contributed by atoms with Gasteiger partial charge in [-0.25, -0.2) is 8.78 Å². The maximum atomic E-state index is 17.1. The van der Waals surface area contributed by atoms with Gasteiger partial charge in [-0.1, -0.05) is 30.7 Å². The number of ether oxygens (including phenoxy) is 1. The number of piperazine rings is 1. The first kappa shape index (κ1) is 37.8. The van der Waals surface area contributed by atoms with E-state index in [1.54, 1.807) is 31.3 Å². The number of aliphatic imine (C=N–C) groups is 1. The number of para-hydroxylation sites is 1. The number of rotatable bonds is 10. The predicted molar refractivity (Wildman–Crippen MR) is 217 cm³/mol. The lowest BCUT2D eigenvalue weighted by atomic mass is 9.95. The summed E-state index contributed by atoms with van der Waals surface area (Å²) in [5, 5.41) is 14.1. The molecule has 4 aromatic rings. The lowest BCUT2D eigenvalue weighted by Crippen LogP contribution is -2.56. The number of amides is 2. The highest BCUT2D eigenvalue weighted by Crippen LogP contribution is 2.41. The topological polar surface area (TPSA) is 123 Å². The molecule has 4 saturated heterocycles. The maximum Gasteiger partial charge on any atom is 0.319 e. The van der Waals surface area contributed by atoms with Crippen molar-refractivity contribution in [1.82, 2.24) is 19.8 Å². The highest BCUT2D eigenvalue weighted by Gasteiger charge is 2.46. The molecule has 0 saturated carbocycles. The van der Waals surface area contributed by atoms with E-state index in [9.17, 15) is 19.1 Å². The monoisotopic (exact) mass is 771 g/mol. The second-order valence-corrected chi connectivity index (χ2v) is 15.1. The van der Waals surface area contributed by atoms with Crippen LogP contribution in [0.3, 0.4) is 0 Å². The third-order valence-electron chi connectivity index (χ3n) is 11.8. The van der Waals surface area contributed by atoms with Crippen molar-refractivity contribution in [1.29, 1.82) is 0 Å². The molecule has 0 aliphatic carbocycles.